The molecule has 2 aromatic carbocycles. The molecule has 0 unspecified atom stereocenters. The molecule has 4 rings (SSSR count). The topological polar surface area (TPSA) is 64.4 Å². The van der Waals surface area contributed by atoms with E-state index >= 15 is 0 Å². The predicted octanol–water partition coefficient (Wildman–Crippen LogP) is 5.57. The molecule has 0 amide bonds. The van der Waals surface area contributed by atoms with Crippen LogP contribution in [-0.2, 0) is 16.1 Å². The minimum absolute atomic E-state index is 0.221. The van der Waals surface area contributed by atoms with Gasteiger partial charge in [-0.3, -0.25) is 4.68 Å². The van der Waals surface area contributed by atoms with Crippen molar-refractivity contribution in [2.24, 2.45) is 11.8 Å². The molecule has 0 atom stereocenters. The first-order valence-electron chi connectivity index (χ1n) is 11.2. The van der Waals surface area contributed by atoms with Gasteiger partial charge in [0.1, 0.15) is 18.1 Å². The molecule has 1 heterocycles. The minimum atomic E-state index is -0.918. The van der Waals surface area contributed by atoms with Crippen LogP contribution >= 0.6 is 0 Å². The van der Waals surface area contributed by atoms with Gasteiger partial charge in [-0.05, 0) is 74.3 Å². The second kappa shape index (κ2) is 10.1. The number of ether oxygens (including phenoxy) is 1. The molecule has 0 radical (unpaired) electrons. The van der Waals surface area contributed by atoms with Gasteiger partial charge in [0, 0.05) is 23.4 Å². The molecule has 1 saturated carbocycles. The molecule has 1 aromatic heterocycles. The first kappa shape index (κ1) is 22.2. The summed E-state index contributed by atoms with van der Waals surface area (Å²) in [5.74, 6) is -0.220. The maximum Gasteiger partial charge on any atom is 0.329 e. The maximum atomic E-state index is 13.5. The van der Waals surface area contributed by atoms with Crippen molar-refractivity contribution in [3.8, 4) is 22.4 Å². The number of nitrogens with zero attached hydrogens (tertiary/aromatic N) is 2. The van der Waals surface area contributed by atoms with Gasteiger partial charge < -0.3 is 9.84 Å². The SMILES string of the molecule is Cc1c(-c2ccccc2)c(-c2ccc(F)cc2)nn1C[C@H]1CC[C@@H](COCC(=O)O)CC1. The molecular weight excluding hydrogens is 407 g/mol. The van der Waals surface area contributed by atoms with E-state index in [0.717, 1.165) is 60.3 Å². The fraction of sp³-hybridized carbons (Fsp3) is 0.385. The highest BCUT2D eigenvalue weighted by atomic mass is 19.1. The van der Waals surface area contributed by atoms with E-state index in [-0.39, 0.29) is 12.4 Å². The molecule has 1 fully saturated rings. The number of benzene rings is 2. The van der Waals surface area contributed by atoms with Gasteiger partial charge in [0.15, 0.2) is 0 Å². The number of hydrogen-bond acceptors (Lipinski definition) is 3. The van der Waals surface area contributed by atoms with Crippen molar-refractivity contribution in [1.29, 1.82) is 0 Å². The van der Waals surface area contributed by atoms with Crippen LogP contribution in [0.3, 0.4) is 0 Å². The second-order valence-corrected chi connectivity index (χ2v) is 8.66. The van der Waals surface area contributed by atoms with Gasteiger partial charge in [-0.2, -0.15) is 5.10 Å². The summed E-state index contributed by atoms with van der Waals surface area (Å²) in [5.41, 5.74) is 5.10. The molecule has 3 aromatic rings. The quantitative estimate of drug-likeness (QED) is 0.501. The van der Waals surface area contributed by atoms with Crippen molar-refractivity contribution >= 4 is 5.97 Å². The van der Waals surface area contributed by atoms with E-state index in [1.54, 1.807) is 12.1 Å². The zero-order valence-corrected chi connectivity index (χ0v) is 18.3. The summed E-state index contributed by atoms with van der Waals surface area (Å²) in [6.45, 7) is 3.25. The highest BCUT2D eigenvalue weighted by molar-refractivity contribution is 5.82. The van der Waals surface area contributed by atoms with Gasteiger partial charge >= 0.3 is 5.97 Å². The van der Waals surface area contributed by atoms with Crippen molar-refractivity contribution in [2.45, 2.75) is 39.2 Å². The summed E-state index contributed by atoms with van der Waals surface area (Å²) < 4.78 is 20.9. The van der Waals surface area contributed by atoms with E-state index in [2.05, 4.69) is 23.7 Å². The van der Waals surface area contributed by atoms with Gasteiger partial charge in [0.25, 0.3) is 0 Å². The van der Waals surface area contributed by atoms with E-state index in [4.69, 9.17) is 14.9 Å². The Labute approximate surface area is 187 Å². The Hall–Kier alpha value is -2.99. The van der Waals surface area contributed by atoms with E-state index in [9.17, 15) is 9.18 Å². The standard InChI is InChI=1S/C26H29FN2O3/c1-18-25(21-5-3-2-4-6-21)26(22-11-13-23(27)14-12-22)28-29(18)15-19-7-9-20(10-8-19)16-32-17-24(30)31/h2-6,11-14,19-20H,7-10,15-17H2,1H3,(H,30,31)/t19-,20+. The lowest BCUT2D eigenvalue weighted by atomic mass is 9.82. The van der Waals surface area contributed by atoms with Crippen LogP contribution in [0.1, 0.15) is 31.4 Å². The van der Waals surface area contributed by atoms with Crippen molar-refractivity contribution in [3.05, 3.63) is 66.1 Å². The van der Waals surface area contributed by atoms with Crippen molar-refractivity contribution < 1.29 is 19.0 Å². The number of rotatable bonds is 8. The molecule has 1 aliphatic rings. The summed E-state index contributed by atoms with van der Waals surface area (Å²) in [4.78, 5) is 10.6. The zero-order chi connectivity index (χ0) is 22.5. The van der Waals surface area contributed by atoms with Crippen LogP contribution < -0.4 is 0 Å². The molecule has 0 spiro atoms. The largest absolute Gasteiger partial charge is 0.480 e. The summed E-state index contributed by atoms with van der Waals surface area (Å²) in [6.07, 6.45) is 4.24. The monoisotopic (exact) mass is 436 g/mol. The molecule has 1 aliphatic carbocycles. The number of halogens is 1. The van der Waals surface area contributed by atoms with Gasteiger partial charge in [-0.15, -0.1) is 0 Å². The van der Waals surface area contributed by atoms with E-state index < -0.39 is 5.97 Å². The Morgan fingerprint density at radius 1 is 1.03 bits per heavy atom. The molecule has 0 bridgehead atoms. The fourth-order valence-corrected chi connectivity index (χ4v) is 4.62. The highest BCUT2D eigenvalue weighted by Gasteiger charge is 2.24. The van der Waals surface area contributed by atoms with Crippen molar-refractivity contribution in [3.63, 3.8) is 0 Å². The van der Waals surface area contributed by atoms with Crippen LogP contribution in [-0.4, -0.2) is 34.1 Å². The Bertz CT molecular complexity index is 1040. The molecule has 1 N–H and O–H groups in total. The van der Waals surface area contributed by atoms with Crippen LogP contribution in [0.5, 0.6) is 0 Å². The highest BCUT2D eigenvalue weighted by Crippen LogP contribution is 2.36. The smallest absolute Gasteiger partial charge is 0.329 e. The summed E-state index contributed by atoms with van der Waals surface area (Å²) >= 11 is 0. The number of carbonyl (C=O) groups is 1. The normalized spacial score (nSPS) is 18.6. The minimum Gasteiger partial charge on any atom is -0.480 e. The van der Waals surface area contributed by atoms with Crippen LogP contribution in [0.25, 0.3) is 22.4 Å². The molecular formula is C26H29FN2O3. The van der Waals surface area contributed by atoms with Gasteiger partial charge in [-0.25, -0.2) is 9.18 Å². The van der Waals surface area contributed by atoms with E-state index in [0.29, 0.717) is 18.4 Å². The lowest BCUT2D eigenvalue weighted by Crippen LogP contribution is -2.23. The first-order chi connectivity index (χ1) is 15.5. The third-order valence-corrected chi connectivity index (χ3v) is 6.36. The lowest BCUT2D eigenvalue weighted by molar-refractivity contribution is -0.142. The first-order valence-corrected chi connectivity index (χ1v) is 11.2. The number of aromatic nitrogens is 2. The number of carboxylic acid groups (broad SMARTS) is 1. The van der Waals surface area contributed by atoms with Gasteiger partial charge in [-0.1, -0.05) is 30.3 Å². The molecule has 168 valence electrons. The summed E-state index contributed by atoms with van der Waals surface area (Å²) in [6, 6.07) is 16.8. The Morgan fingerprint density at radius 3 is 2.34 bits per heavy atom. The van der Waals surface area contributed by atoms with Crippen LogP contribution in [0.4, 0.5) is 4.39 Å². The van der Waals surface area contributed by atoms with Crippen LogP contribution in [0.2, 0.25) is 0 Å². The zero-order valence-electron chi connectivity index (χ0n) is 18.3. The molecule has 32 heavy (non-hydrogen) atoms. The van der Waals surface area contributed by atoms with Crippen molar-refractivity contribution in [1.82, 2.24) is 9.78 Å². The number of aliphatic carboxylic acids is 1. The van der Waals surface area contributed by atoms with Gasteiger partial charge in [0.2, 0.25) is 0 Å². The third kappa shape index (κ3) is 5.25. The van der Waals surface area contributed by atoms with Crippen LogP contribution in [0.15, 0.2) is 54.6 Å². The van der Waals surface area contributed by atoms with E-state index in [1.807, 2.05) is 18.2 Å². The number of hydrogen-bond donors (Lipinski definition) is 1. The fourth-order valence-electron chi connectivity index (χ4n) is 4.62. The Morgan fingerprint density at radius 2 is 1.69 bits per heavy atom. The second-order valence-electron chi connectivity index (χ2n) is 8.66. The third-order valence-electron chi connectivity index (χ3n) is 6.36. The lowest BCUT2D eigenvalue weighted by Gasteiger charge is -2.28. The maximum absolute atomic E-state index is 13.5. The molecule has 5 nitrogen and oxygen atoms in total. The average Bonchev–Trinajstić information content (AvgIpc) is 3.11. The predicted molar refractivity (Wildman–Crippen MR) is 122 cm³/mol. The number of carboxylic acids is 1. The molecule has 0 saturated heterocycles. The van der Waals surface area contributed by atoms with Crippen molar-refractivity contribution in [2.75, 3.05) is 13.2 Å². The average molecular weight is 437 g/mol. The van der Waals surface area contributed by atoms with Gasteiger partial charge in [0.05, 0.1) is 6.61 Å². The van der Waals surface area contributed by atoms with Crippen LogP contribution in [0, 0.1) is 24.6 Å². The molecule has 6 heteroatoms. The Balaban J connectivity index is 1.51. The summed E-state index contributed by atoms with van der Waals surface area (Å²) in [5, 5.41) is 13.7. The molecule has 0 aliphatic heterocycles. The summed E-state index contributed by atoms with van der Waals surface area (Å²) in [7, 11) is 0. The van der Waals surface area contributed by atoms with E-state index in [1.165, 1.54) is 12.1 Å². The Kier molecular flexibility index (Phi) is 7.00.